The predicted octanol–water partition coefficient (Wildman–Crippen LogP) is 4.13. The van der Waals surface area contributed by atoms with Crippen LogP contribution in [-0.2, 0) is 0 Å². The van der Waals surface area contributed by atoms with E-state index in [9.17, 15) is 9.18 Å². The van der Waals surface area contributed by atoms with Gasteiger partial charge in [-0.1, -0.05) is 23.7 Å². The molecule has 0 spiro atoms. The van der Waals surface area contributed by atoms with Crippen molar-refractivity contribution in [2.24, 2.45) is 0 Å². The Labute approximate surface area is 161 Å². The molecule has 1 fully saturated rings. The Morgan fingerprint density at radius 3 is 2.30 bits per heavy atom. The van der Waals surface area contributed by atoms with Crippen molar-refractivity contribution in [1.29, 1.82) is 0 Å². The molecule has 7 heteroatoms. The highest BCUT2D eigenvalue weighted by molar-refractivity contribution is 6.30. The van der Waals surface area contributed by atoms with Crippen LogP contribution in [-0.4, -0.2) is 46.7 Å². The first kappa shape index (κ1) is 17.5. The summed E-state index contributed by atoms with van der Waals surface area (Å²) in [4.78, 5) is 21.0. The van der Waals surface area contributed by atoms with Crippen molar-refractivity contribution in [3.63, 3.8) is 0 Å². The fraction of sp³-hybridized carbons (Fsp3) is 0.200. The number of benzene rings is 2. The van der Waals surface area contributed by atoms with E-state index in [1.54, 1.807) is 41.7 Å². The first-order valence-electron chi connectivity index (χ1n) is 8.70. The molecule has 3 aromatic rings. The second kappa shape index (κ2) is 7.40. The number of imidazole rings is 1. The highest BCUT2D eigenvalue weighted by Crippen LogP contribution is 2.21. The second-order valence-electron chi connectivity index (χ2n) is 6.41. The molecule has 2 heterocycles. The van der Waals surface area contributed by atoms with Gasteiger partial charge in [0, 0.05) is 48.6 Å². The number of anilines is 1. The Hall–Kier alpha value is -2.86. The maximum absolute atomic E-state index is 13.1. The molecular weight excluding hydrogens is 367 g/mol. The maximum atomic E-state index is 13.1. The van der Waals surface area contributed by atoms with E-state index < -0.39 is 0 Å². The fourth-order valence-corrected chi connectivity index (χ4v) is 3.29. The third-order valence-corrected chi connectivity index (χ3v) is 4.94. The van der Waals surface area contributed by atoms with E-state index in [2.05, 4.69) is 9.88 Å². The van der Waals surface area contributed by atoms with Crippen LogP contribution in [0.3, 0.4) is 0 Å². The monoisotopic (exact) mass is 384 g/mol. The standard InChI is InChI=1S/C20H18ClFN4O/c21-16-3-1-15(2-4-16)19-13-26(14-23-19)20(27)25-11-9-24(10-12-25)18-7-5-17(22)6-8-18/h1-8,13-14H,9-12H2. The lowest BCUT2D eigenvalue weighted by Gasteiger charge is -2.35. The Morgan fingerprint density at radius 2 is 1.63 bits per heavy atom. The molecule has 1 aromatic heterocycles. The molecule has 1 aliphatic heterocycles. The number of amides is 1. The average Bonchev–Trinajstić information content (AvgIpc) is 3.19. The summed E-state index contributed by atoms with van der Waals surface area (Å²) in [6, 6.07) is 13.7. The second-order valence-corrected chi connectivity index (χ2v) is 6.84. The molecule has 0 aliphatic carbocycles. The Balaban J connectivity index is 1.41. The summed E-state index contributed by atoms with van der Waals surface area (Å²) in [6.45, 7) is 2.61. The summed E-state index contributed by atoms with van der Waals surface area (Å²) in [5.41, 5.74) is 2.60. The maximum Gasteiger partial charge on any atom is 0.329 e. The number of halogens is 2. The lowest BCUT2D eigenvalue weighted by Crippen LogP contribution is -2.49. The number of aromatic nitrogens is 2. The van der Waals surface area contributed by atoms with Crippen molar-refractivity contribution >= 4 is 23.3 Å². The molecule has 4 rings (SSSR count). The highest BCUT2D eigenvalue weighted by atomic mass is 35.5. The molecule has 2 aromatic carbocycles. The molecule has 138 valence electrons. The Bertz CT molecular complexity index is 931. The van der Waals surface area contributed by atoms with Gasteiger partial charge in [0.15, 0.2) is 0 Å². The van der Waals surface area contributed by atoms with Crippen molar-refractivity contribution in [2.75, 3.05) is 31.1 Å². The van der Waals surface area contributed by atoms with Gasteiger partial charge in [0.25, 0.3) is 0 Å². The Morgan fingerprint density at radius 1 is 0.963 bits per heavy atom. The van der Waals surface area contributed by atoms with Crippen LogP contribution in [0.4, 0.5) is 14.9 Å². The van der Waals surface area contributed by atoms with Crippen molar-refractivity contribution in [2.45, 2.75) is 0 Å². The molecular formula is C20H18ClFN4O. The minimum atomic E-state index is -0.246. The Kier molecular flexibility index (Phi) is 4.81. The van der Waals surface area contributed by atoms with Crippen LogP contribution in [0.2, 0.25) is 5.02 Å². The topological polar surface area (TPSA) is 41.4 Å². The van der Waals surface area contributed by atoms with Crippen LogP contribution in [0, 0.1) is 5.82 Å². The molecule has 0 bridgehead atoms. The zero-order chi connectivity index (χ0) is 18.8. The van der Waals surface area contributed by atoms with E-state index in [0.717, 1.165) is 16.9 Å². The molecule has 1 saturated heterocycles. The summed E-state index contributed by atoms with van der Waals surface area (Å²) in [6.07, 6.45) is 3.27. The first-order valence-corrected chi connectivity index (χ1v) is 9.08. The summed E-state index contributed by atoms with van der Waals surface area (Å²) in [5, 5.41) is 0.660. The van der Waals surface area contributed by atoms with Gasteiger partial charge in [-0.3, -0.25) is 4.57 Å². The number of nitrogens with zero attached hydrogens (tertiary/aromatic N) is 4. The van der Waals surface area contributed by atoms with Gasteiger partial charge >= 0.3 is 6.03 Å². The molecule has 0 radical (unpaired) electrons. The molecule has 1 amide bonds. The molecule has 0 N–H and O–H groups in total. The SMILES string of the molecule is O=C(N1CCN(c2ccc(F)cc2)CC1)n1cnc(-c2ccc(Cl)cc2)c1. The van der Waals surface area contributed by atoms with E-state index in [1.807, 2.05) is 12.1 Å². The number of rotatable bonds is 2. The fourth-order valence-electron chi connectivity index (χ4n) is 3.17. The summed E-state index contributed by atoms with van der Waals surface area (Å²) in [7, 11) is 0. The van der Waals surface area contributed by atoms with Crippen LogP contribution in [0.25, 0.3) is 11.3 Å². The molecule has 0 saturated carbocycles. The molecule has 0 unspecified atom stereocenters. The van der Waals surface area contributed by atoms with Gasteiger partial charge in [-0.05, 0) is 36.4 Å². The predicted molar refractivity (Wildman–Crippen MR) is 104 cm³/mol. The van der Waals surface area contributed by atoms with Gasteiger partial charge in [0.2, 0.25) is 0 Å². The number of piperazine rings is 1. The van der Waals surface area contributed by atoms with E-state index in [4.69, 9.17) is 11.6 Å². The number of carbonyl (C=O) groups is 1. The summed E-state index contributed by atoms with van der Waals surface area (Å²) < 4.78 is 14.6. The highest BCUT2D eigenvalue weighted by Gasteiger charge is 2.22. The molecule has 5 nitrogen and oxygen atoms in total. The van der Waals surface area contributed by atoms with Crippen LogP contribution in [0.5, 0.6) is 0 Å². The third-order valence-electron chi connectivity index (χ3n) is 4.69. The summed E-state index contributed by atoms with van der Waals surface area (Å²) >= 11 is 5.91. The van der Waals surface area contributed by atoms with Gasteiger partial charge in [0.05, 0.1) is 5.69 Å². The van der Waals surface area contributed by atoms with Gasteiger partial charge in [0.1, 0.15) is 12.1 Å². The quantitative estimate of drug-likeness (QED) is 0.667. The minimum absolute atomic E-state index is 0.0959. The van der Waals surface area contributed by atoms with Gasteiger partial charge in [-0.2, -0.15) is 0 Å². The van der Waals surface area contributed by atoms with E-state index in [-0.39, 0.29) is 11.8 Å². The van der Waals surface area contributed by atoms with Gasteiger partial charge < -0.3 is 9.80 Å². The normalized spacial score (nSPS) is 14.4. The average molecular weight is 385 g/mol. The van der Waals surface area contributed by atoms with Crippen molar-refractivity contribution in [1.82, 2.24) is 14.5 Å². The lowest BCUT2D eigenvalue weighted by atomic mass is 10.2. The molecule has 27 heavy (non-hydrogen) atoms. The molecule has 1 aliphatic rings. The van der Waals surface area contributed by atoms with E-state index >= 15 is 0 Å². The van der Waals surface area contributed by atoms with Crippen LogP contribution in [0.1, 0.15) is 0 Å². The van der Waals surface area contributed by atoms with Gasteiger partial charge in [-0.25, -0.2) is 14.2 Å². The lowest BCUT2D eigenvalue weighted by molar-refractivity contribution is 0.196. The van der Waals surface area contributed by atoms with Crippen LogP contribution < -0.4 is 4.90 Å². The first-order chi connectivity index (χ1) is 13.1. The van der Waals surface area contributed by atoms with Crippen molar-refractivity contribution in [3.05, 3.63) is 71.9 Å². The number of hydrogen-bond acceptors (Lipinski definition) is 3. The zero-order valence-corrected chi connectivity index (χ0v) is 15.3. The van der Waals surface area contributed by atoms with Crippen LogP contribution in [0.15, 0.2) is 61.1 Å². The van der Waals surface area contributed by atoms with Crippen LogP contribution >= 0.6 is 11.6 Å². The third kappa shape index (κ3) is 3.80. The number of carbonyl (C=O) groups excluding carboxylic acids is 1. The number of hydrogen-bond donors (Lipinski definition) is 0. The smallest absolute Gasteiger partial charge is 0.329 e. The van der Waals surface area contributed by atoms with Crippen molar-refractivity contribution < 1.29 is 9.18 Å². The summed E-state index contributed by atoms with van der Waals surface area (Å²) in [5.74, 6) is -0.246. The van der Waals surface area contributed by atoms with E-state index in [1.165, 1.54) is 16.7 Å². The zero-order valence-electron chi connectivity index (χ0n) is 14.6. The van der Waals surface area contributed by atoms with E-state index in [0.29, 0.717) is 31.2 Å². The molecule has 0 atom stereocenters. The minimum Gasteiger partial charge on any atom is -0.368 e. The van der Waals surface area contributed by atoms with Gasteiger partial charge in [-0.15, -0.1) is 0 Å². The largest absolute Gasteiger partial charge is 0.368 e. The van der Waals surface area contributed by atoms with Crippen molar-refractivity contribution in [3.8, 4) is 11.3 Å².